The molecule has 2 aromatic carbocycles. The number of benzene rings is 2. The molecule has 0 amide bonds. The minimum atomic E-state index is -0.465. The van der Waals surface area contributed by atoms with Crippen molar-refractivity contribution in [2.45, 2.75) is 25.7 Å². The number of nitrogens with zero attached hydrogens (tertiary/aromatic N) is 1. The van der Waals surface area contributed by atoms with Crippen molar-refractivity contribution >= 4 is 18.3 Å². The first-order valence-corrected chi connectivity index (χ1v) is 9.46. The Kier molecular flexibility index (Phi) is 9.21. The molecule has 4 rings (SSSR count). The van der Waals surface area contributed by atoms with Gasteiger partial charge < -0.3 is 10.2 Å². The van der Waals surface area contributed by atoms with Crippen LogP contribution in [0.3, 0.4) is 0 Å². The van der Waals surface area contributed by atoms with Crippen LogP contribution in [0.25, 0.3) is 0 Å². The fraction of sp³-hybridized carbons (Fsp3) is 0.364. The number of rotatable bonds is 3. The highest BCUT2D eigenvalue weighted by Crippen LogP contribution is 2.22. The van der Waals surface area contributed by atoms with Gasteiger partial charge in [-0.2, -0.15) is 0 Å². The van der Waals surface area contributed by atoms with Gasteiger partial charge in [0.25, 0.3) is 0 Å². The zero-order valence-corrected chi connectivity index (χ0v) is 15.6. The summed E-state index contributed by atoms with van der Waals surface area (Å²) in [5, 5.41) is 3.22. The van der Waals surface area contributed by atoms with Gasteiger partial charge in [-0.25, -0.2) is 4.39 Å². The Morgan fingerprint density at radius 3 is 1.81 bits per heavy atom. The molecule has 2 heterocycles. The van der Waals surface area contributed by atoms with Crippen LogP contribution in [0.1, 0.15) is 46.4 Å². The van der Waals surface area contributed by atoms with E-state index in [1.165, 1.54) is 50.9 Å². The van der Waals surface area contributed by atoms with Gasteiger partial charge in [-0.15, -0.1) is 0 Å². The van der Waals surface area contributed by atoms with Crippen molar-refractivity contribution in [3.8, 4) is 0 Å². The van der Waals surface area contributed by atoms with Gasteiger partial charge in [0.1, 0.15) is 5.82 Å². The van der Waals surface area contributed by atoms with E-state index < -0.39 is 5.82 Å². The summed E-state index contributed by atoms with van der Waals surface area (Å²) in [5.74, 6) is -0.465. The molecule has 1 N–H and O–H groups in total. The summed E-state index contributed by atoms with van der Waals surface area (Å²) in [5.41, 5.74) is 2.01. The van der Waals surface area contributed by atoms with E-state index in [9.17, 15) is 14.0 Å². The Labute approximate surface area is 160 Å². The van der Waals surface area contributed by atoms with Gasteiger partial charge in [0.05, 0.1) is 5.56 Å². The Balaban J connectivity index is 0.000000161. The summed E-state index contributed by atoms with van der Waals surface area (Å²) in [6.07, 6.45) is 6.70. The summed E-state index contributed by atoms with van der Waals surface area (Å²) in [4.78, 5) is 23.0. The van der Waals surface area contributed by atoms with Crippen molar-refractivity contribution in [3.63, 3.8) is 0 Å². The van der Waals surface area contributed by atoms with Crippen molar-refractivity contribution in [2.75, 3.05) is 31.1 Å². The summed E-state index contributed by atoms with van der Waals surface area (Å²) < 4.78 is 12.4. The highest BCUT2D eigenvalue weighted by Gasteiger charge is 2.14. The van der Waals surface area contributed by atoms with Gasteiger partial charge in [-0.1, -0.05) is 24.3 Å². The molecule has 5 heteroatoms. The lowest BCUT2D eigenvalue weighted by atomic mass is 10.2. The largest absolute Gasteiger partial charge is 0.371 e. The Bertz CT molecular complexity index is 703. The van der Waals surface area contributed by atoms with Gasteiger partial charge in [0, 0.05) is 24.3 Å². The van der Waals surface area contributed by atoms with E-state index >= 15 is 0 Å². The maximum absolute atomic E-state index is 12.4. The smallest absolute Gasteiger partial charge is 0.152 e. The van der Waals surface area contributed by atoms with Crippen LogP contribution in [0.4, 0.5) is 10.1 Å². The number of nitrogens with one attached hydrogen (secondary N) is 1. The van der Waals surface area contributed by atoms with E-state index in [-0.39, 0.29) is 5.56 Å². The van der Waals surface area contributed by atoms with E-state index in [1.54, 1.807) is 12.1 Å². The van der Waals surface area contributed by atoms with E-state index in [1.807, 2.05) is 24.3 Å². The monoisotopic (exact) mass is 370 g/mol. The van der Waals surface area contributed by atoms with E-state index in [0.29, 0.717) is 6.29 Å². The molecule has 2 fully saturated rings. The maximum Gasteiger partial charge on any atom is 0.152 e. The predicted octanol–water partition coefficient (Wildman–Crippen LogP) is 4.11. The van der Waals surface area contributed by atoms with Crippen molar-refractivity contribution in [2.24, 2.45) is 0 Å². The van der Waals surface area contributed by atoms with Crippen molar-refractivity contribution in [1.29, 1.82) is 0 Å². The van der Waals surface area contributed by atoms with Crippen LogP contribution in [0.5, 0.6) is 0 Å². The molecule has 0 atom stereocenters. The summed E-state index contributed by atoms with van der Waals surface area (Å²) in [7, 11) is 0. The van der Waals surface area contributed by atoms with Crippen LogP contribution in [-0.2, 0) is 0 Å². The number of carbonyl (C=O) groups is 2. The van der Waals surface area contributed by atoms with E-state index in [0.717, 1.165) is 30.6 Å². The summed E-state index contributed by atoms with van der Waals surface area (Å²) in [6.45, 7) is 4.68. The van der Waals surface area contributed by atoms with Crippen molar-refractivity contribution in [3.05, 3.63) is 65.5 Å². The SMILES string of the molecule is C1CCNC1.O=Cc1ccccc1F.O=Cc1ccccc1N1CCCC1. The molecule has 2 saturated heterocycles. The van der Waals surface area contributed by atoms with Gasteiger partial charge >= 0.3 is 0 Å². The van der Waals surface area contributed by atoms with Crippen LogP contribution in [-0.4, -0.2) is 38.8 Å². The van der Waals surface area contributed by atoms with Crippen molar-refractivity contribution < 1.29 is 14.0 Å². The average molecular weight is 370 g/mol. The zero-order chi connectivity index (χ0) is 19.3. The Hall–Kier alpha value is -2.53. The lowest BCUT2D eigenvalue weighted by Crippen LogP contribution is -2.18. The minimum Gasteiger partial charge on any atom is -0.371 e. The molecule has 2 aromatic rings. The molecule has 0 radical (unpaired) electrons. The minimum absolute atomic E-state index is 0.109. The lowest BCUT2D eigenvalue weighted by molar-refractivity contribution is 0.111. The lowest BCUT2D eigenvalue weighted by Gasteiger charge is -2.18. The quantitative estimate of drug-likeness (QED) is 0.826. The summed E-state index contributed by atoms with van der Waals surface area (Å²) in [6, 6.07) is 13.6. The van der Waals surface area contributed by atoms with Crippen LogP contribution in [0.15, 0.2) is 48.5 Å². The Morgan fingerprint density at radius 1 is 0.778 bits per heavy atom. The highest BCUT2D eigenvalue weighted by molar-refractivity contribution is 5.84. The molecule has 2 aliphatic rings. The second-order valence-electron chi connectivity index (χ2n) is 6.47. The number of hydrogen-bond acceptors (Lipinski definition) is 4. The predicted molar refractivity (Wildman–Crippen MR) is 107 cm³/mol. The number of aldehydes is 2. The third-order valence-electron chi connectivity index (χ3n) is 4.50. The zero-order valence-electron chi connectivity index (χ0n) is 15.6. The van der Waals surface area contributed by atoms with Gasteiger partial charge in [0.2, 0.25) is 0 Å². The number of halogens is 1. The molecule has 0 aromatic heterocycles. The fourth-order valence-corrected chi connectivity index (χ4v) is 3.03. The average Bonchev–Trinajstić information content (AvgIpc) is 3.45. The first-order valence-electron chi connectivity index (χ1n) is 9.46. The molecule has 0 saturated carbocycles. The molecular weight excluding hydrogens is 343 g/mol. The third kappa shape index (κ3) is 6.94. The van der Waals surface area contributed by atoms with E-state index in [4.69, 9.17) is 0 Å². The number of para-hydroxylation sites is 1. The molecule has 2 aliphatic heterocycles. The van der Waals surface area contributed by atoms with Gasteiger partial charge in [0.15, 0.2) is 12.6 Å². The molecular formula is C22H27FN2O2. The standard InChI is InChI=1S/C11H13NO.C7H5FO.C4H9N/c13-9-10-5-1-2-6-11(10)12-7-3-4-8-12;8-7-4-2-1-3-6(7)5-9;1-2-4-5-3-1/h1-2,5-6,9H,3-4,7-8H2;1-5H;5H,1-4H2. The molecule has 4 nitrogen and oxygen atoms in total. The topological polar surface area (TPSA) is 49.4 Å². The van der Waals surface area contributed by atoms with Crippen LogP contribution < -0.4 is 10.2 Å². The van der Waals surface area contributed by atoms with E-state index in [2.05, 4.69) is 10.2 Å². The third-order valence-corrected chi connectivity index (χ3v) is 4.50. The fourth-order valence-electron chi connectivity index (χ4n) is 3.03. The Morgan fingerprint density at radius 2 is 1.33 bits per heavy atom. The highest BCUT2D eigenvalue weighted by atomic mass is 19.1. The molecule has 0 aliphatic carbocycles. The first-order chi connectivity index (χ1) is 13.3. The number of hydrogen-bond donors (Lipinski definition) is 1. The van der Waals surface area contributed by atoms with Gasteiger partial charge in [-0.3, -0.25) is 9.59 Å². The summed E-state index contributed by atoms with van der Waals surface area (Å²) >= 11 is 0. The molecule has 0 bridgehead atoms. The van der Waals surface area contributed by atoms with Crippen LogP contribution >= 0.6 is 0 Å². The van der Waals surface area contributed by atoms with Crippen LogP contribution in [0, 0.1) is 5.82 Å². The molecule has 0 spiro atoms. The normalized spacial score (nSPS) is 15.2. The van der Waals surface area contributed by atoms with Gasteiger partial charge in [-0.05, 0) is 63.0 Å². The molecule has 0 unspecified atom stereocenters. The second kappa shape index (κ2) is 12.0. The molecule has 27 heavy (non-hydrogen) atoms. The second-order valence-corrected chi connectivity index (χ2v) is 6.47. The number of anilines is 1. The maximum atomic E-state index is 12.4. The molecule has 144 valence electrons. The number of carbonyl (C=O) groups excluding carboxylic acids is 2. The van der Waals surface area contributed by atoms with Crippen molar-refractivity contribution in [1.82, 2.24) is 5.32 Å². The first kappa shape index (κ1) is 20.8. The van der Waals surface area contributed by atoms with Crippen LogP contribution in [0.2, 0.25) is 0 Å².